The van der Waals surface area contributed by atoms with Gasteiger partial charge in [-0.3, -0.25) is 0 Å². The summed E-state index contributed by atoms with van der Waals surface area (Å²) in [7, 11) is 0. The lowest BCUT2D eigenvalue weighted by atomic mass is 10.2. The maximum atomic E-state index is 11.8. The largest absolute Gasteiger partial charge is 0.505 e. The van der Waals surface area contributed by atoms with Crippen LogP contribution in [0, 0.1) is 0 Å². The second-order valence-electron chi connectivity index (χ2n) is 4.03. The van der Waals surface area contributed by atoms with E-state index in [1.54, 1.807) is 19.1 Å². The van der Waals surface area contributed by atoms with E-state index in [0.29, 0.717) is 17.1 Å². The zero-order valence-electron chi connectivity index (χ0n) is 11.1. The molecule has 0 aliphatic heterocycles. The third kappa shape index (κ3) is 3.56. The number of carbonyl (C=O) groups excluding carboxylic acids is 1. The Morgan fingerprint density at radius 1 is 1.38 bits per heavy atom. The summed E-state index contributed by atoms with van der Waals surface area (Å²) in [6, 6.07) is 6.18. The summed E-state index contributed by atoms with van der Waals surface area (Å²) in [5.41, 5.74) is 0.784. The molecule has 0 fully saturated rings. The highest BCUT2D eigenvalue weighted by atomic mass is 35.5. The Bertz CT molecular complexity index is 654. The van der Waals surface area contributed by atoms with Gasteiger partial charge in [0.25, 0.3) is 0 Å². The Balaban J connectivity index is 2.34. The number of aromatic hydroxyl groups is 1. The second kappa shape index (κ2) is 6.65. The lowest BCUT2D eigenvalue weighted by Crippen LogP contribution is -2.09. The van der Waals surface area contributed by atoms with Crippen molar-refractivity contribution >= 4 is 40.7 Å². The van der Waals surface area contributed by atoms with Gasteiger partial charge in [-0.15, -0.1) is 0 Å². The average Bonchev–Trinajstić information content (AvgIpc) is 2.45. The van der Waals surface area contributed by atoms with Gasteiger partial charge < -0.3 is 15.2 Å². The van der Waals surface area contributed by atoms with E-state index in [0.717, 1.165) is 0 Å². The summed E-state index contributed by atoms with van der Waals surface area (Å²) >= 11 is 11.7. The first-order valence-corrected chi connectivity index (χ1v) is 6.85. The molecule has 0 atom stereocenters. The summed E-state index contributed by atoms with van der Waals surface area (Å²) in [5.74, 6) is -0.367. The highest BCUT2D eigenvalue weighted by Gasteiger charge is 2.14. The minimum absolute atomic E-state index is 0.0959. The molecule has 1 heterocycles. The number of pyridine rings is 1. The number of halogens is 2. The molecule has 0 radical (unpaired) electrons. The smallest absolute Gasteiger partial charge is 0.341 e. The predicted octanol–water partition coefficient (Wildman–Crippen LogP) is 4.01. The number of nitrogens with one attached hydrogen (secondary N) is 1. The number of phenols is 1. The molecule has 1 aromatic heterocycles. The van der Waals surface area contributed by atoms with Crippen molar-refractivity contribution in [1.82, 2.24) is 4.98 Å². The van der Waals surface area contributed by atoms with Crippen LogP contribution in [-0.2, 0) is 4.74 Å². The van der Waals surface area contributed by atoms with Gasteiger partial charge in [0, 0.05) is 11.9 Å². The average molecular weight is 327 g/mol. The summed E-state index contributed by atoms with van der Waals surface area (Å²) in [6.07, 6.45) is 1.54. The van der Waals surface area contributed by atoms with Gasteiger partial charge in [0.1, 0.15) is 11.4 Å². The van der Waals surface area contributed by atoms with Gasteiger partial charge in [0.2, 0.25) is 0 Å². The monoisotopic (exact) mass is 326 g/mol. The molecule has 0 aliphatic rings. The molecular formula is C14H12Cl2N2O3. The Hall–Kier alpha value is -1.98. The molecule has 1 aromatic carbocycles. The number of ether oxygens (including phenoxy) is 1. The molecule has 110 valence electrons. The Labute approximate surface area is 131 Å². The fraction of sp³-hybridized carbons (Fsp3) is 0.143. The van der Waals surface area contributed by atoms with Gasteiger partial charge in [-0.05, 0) is 31.2 Å². The molecule has 2 rings (SSSR count). The van der Waals surface area contributed by atoms with Gasteiger partial charge in [0.15, 0.2) is 5.75 Å². The molecule has 0 saturated carbocycles. The van der Waals surface area contributed by atoms with Crippen LogP contribution in [0.4, 0.5) is 11.5 Å². The van der Waals surface area contributed by atoms with Crippen LogP contribution in [0.25, 0.3) is 0 Å². The lowest BCUT2D eigenvalue weighted by molar-refractivity contribution is 0.0527. The topological polar surface area (TPSA) is 71.5 Å². The highest BCUT2D eigenvalue weighted by molar-refractivity contribution is 6.37. The number of rotatable bonds is 4. The van der Waals surface area contributed by atoms with Crippen LogP contribution in [0.1, 0.15) is 17.3 Å². The van der Waals surface area contributed by atoms with Crippen molar-refractivity contribution in [2.45, 2.75) is 6.92 Å². The van der Waals surface area contributed by atoms with Crippen molar-refractivity contribution in [3.63, 3.8) is 0 Å². The molecule has 0 spiro atoms. The first-order valence-electron chi connectivity index (χ1n) is 6.10. The van der Waals surface area contributed by atoms with Crippen LogP contribution in [-0.4, -0.2) is 22.7 Å². The molecule has 0 saturated heterocycles. The van der Waals surface area contributed by atoms with Crippen molar-refractivity contribution < 1.29 is 14.6 Å². The number of hydrogen-bond donors (Lipinski definition) is 2. The van der Waals surface area contributed by atoms with E-state index in [9.17, 15) is 9.90 Å². The van der Waals surface area contributed by atoms with Crippen molar-refractivity contribution in [3.05, 3.63) is 46.1 Å². The molecule has 0 unspecified atom stereocenters. The molecule has 0 bridgehead atoms. The third-order valence-electron chi connectivity index (χ3n) is 2.58. The van der Waals surface area contributed by atoms with Gasteiger partial charge in [0.05, 0.1) is 16.7 Å². The fourth-order valence-electron chi connectivity index (χ4n) is 1.65. The first-order chi connectivity index (χ1) is 10.0. The second-order valence-corrected chi connectivity index (χ2v) is 4.85. The van der Waals surface area contributed by atoms with Crippen molar-refractivity contribution in [1.29, 1.82) is 0 Å². The maximum absolute atomic E-state index is 11.8. The molecule has 7 heteroatoms. The summed E-state index contributed by atoms with van der Waals surface area (Å²) < 4.78 is 4.96. The Morgan fingerprint density at radius 3 is 2.67 bits per heavy atom. The lowest BCUT2D eigenvalue weighted by Gasteiger charge is -2.11. The normalized spacial score (nSPS) is 10.2. The van der Waals surface area contributed by atoms with Crippen LogP contribution in [0.2, 0.25) is 10.0 Å². The zero-order valence-corrected chi connectivity index (χ0v) is 12.6. The molecule has 0 aliphatic carbocycles. The quantitative estimate of drug-likeness (QED) is 0.656. The van der Waals surface area contributed by atoms with E-state index < -0.39 is 5.97 Å². The van der Waals surface area contributed by atoms with Crippen LogP contribution < -0.4 is 5.32 Å². The molecule has 2 N–H and O–H groups in total. The number of nitrogens with zero attached hydrogens (tertiary/aromatic N) is 1. The predicted molar refractivity (Wildman–Crippen MR) is 81.6 cm³/mol. The number of benzene rings is 1. The van der Waals surface area contributed by atoms with Crippen LogP contribution in [0.5, 0.6) is 5.75 Å². The zero-order chi connectivity index (χ0) is 15.4. The van der Waals surface area contributed by atoms with E-state index >= 15 is 0 Å². The standard InChI is InChI=1S/C14H12Cl2N2O3/c1-2-21-14(20)9-4-3-5-17-13(9)18-8-6-10(15)12(19)11(16)7-8/h3-7,19H,2H2,1H3,(H,17,18). The van der Waals surface area contributed by atoms with E-state index in [-0.39, 0.29) is 22.4 Å². The van der Waals surface area contributed by atoms with Crippen molar-refractivity contribution in [2.24, 2.45) is 0 Å². The number of phenolic OH excluding ortho intramolecular Hbond substituents is 1. The van der Waals surface area contributed by atoms with E-state index in [4.69, 9.17) is 27.9 Å². The minimum Gasteiger partial charge on any atom is -0.505 e. The molecule has 2 aromatic rings. The number of anilines is 2. The van der Waals surface area contributed by atoms with Gasteiger partial charge in [-0.2, -0.15) is 0 Å². The van der Waals surface area contributed by atoms with Gasteiger partial charge in [-0.25, -0.2) is 9.78 Å². The fourth-order valence-corrected chi connectivity index (χ4v) is 2.14. The minimum atomic E-state index is -0.482. The van der Waals surface area contributed by atoms with E-state index in [1.165, 1.54) is 18.3 Å². The number of hydrogen-bond acceptors (Lipinski definition) is 5. The highest BCUT2D eigenvalue weighted by Crippen LogP contribution is 2.35. The van der Waals surface area contributed by atoms with Crippen LogP contribution in [0.3, 0.4) is 0 Å². The summed E-state index contributed by atoms with van der Waals surface area (Å²) in [6.45, 7) is 1.99. The van der Waals surface area contributed by atoms with Gasteiger partial charge >= 0.3 is 5.97 Å². The number of aromatic nitrogens is 1. The summed E-state index contributed by atoms with van der Waals surface area (Å²) in [5, 5.41) is 12.6. The van der Waals surface area contributed by atoms with E-state index in [2.05, 4.69) is 10.3 Å². The third-order valence-corrected chi connectivity index (χ3v) is 3.16. The van der Waals surface area contributed by atoms with E-state index in [1.807, 2.05) is 0 Å². The van der Waals surface area contributed by atoms with Crippen LogP contribution in [0.15, 0.2) is 30.5 Å². The van der Waals surface area contributed by atoms with Crippen molar-refractivity contribution in [2.75, 3.05) is 11.9 Å². The molecule has 5 nitrogen and oxygen atoms in total. The molecule has 0 amide bonds. The SMILES string of the molecule is CCOC(=O)c1cccnc1Nc1cc(Cl)c(O)c(Cl)c1. The van der Waals surface area contributed by atoms with Crippen LogP contribution >= 0.6 is 23.2 Å². The molecule has 21 heavy (non-hydrogen) atoms. The molecular weight excluding hydrogens is 315 g/mol. The number of carbonyl (C=O) groups is 1. The van der Waals surface area contributed by atoms with Gasteiger partial charge in [-0.1, -0.05) is 23.2 Å². The maximum Gasteiger partial charge on any atom is 0.341 e. The number of esters is 1. The van der Waals surface area contributed by atoms with Crippen molar-refractivity contribution in [3.8, 4) is 5.75 Å². The Kier molecular flexibility index (Phi) is 4.88. The Morgan fingerprint density at radius 2 is 2.05 bits per heavy atom. The summed E-state index contributed by atoms with van der Waals surface area (Å²) in [4.78, 5) is 15.9. The first kappa shape index (κ1) is 15.4.